The third kappa shape index (κ3) is 1.45. The SMILES string of the molecule is CCC1(c2cccc(Cl)c2)C[C@H]1CN. The monoisotopic (exact) mass is 209 g/mol. The number of nitrogens with two attached hydrogens (primary N) is 1. The second-order valence-electron chi connectivity index (χ2n) is 4.16. The smallest absolute Gasteiger partial charge is 0.0408 e. The fourth-order valence-electron chi connectivity index (χ4n) is 2.48. The van der Waals surface area contributed by atoms with E-state index in [4.69, 9.17) is 17.3 Å². The van der Waals surface area contributed by atoms with Crippen molar-refractivity contribution in [2.75, 3.05) is 6.54 Å². The molecule has 0 aliphatic heterocycles. The second kappa shape index (κ2) is 3.56. The van der Waals surface area contributed by atoms with Crippen LogP contribution < -0.4 is 5.73 Å². The fraction of sp³-hybridized carbons (Fsp3) is 0.500. The van der Waals surface area contributed by atoms with Crippen LogP contribution in [0.1, 0.15) is 25.3 Å². The summed E-state index contributed by atoms with van der Waals surface area (Å²) in [6.07, 6.45) is 2.38. The van der Waals surface area contributed by atoms with Crippen LogP contribution in [0.3, 0.4) is 0 Å². The van der Waals surface area contributed by atoms with Gasteiger partial charge in [-0.05, 0) is 48.4 Å². The summed E-state index contributed by atoms with van der Waals surface area (Å²) in [5.74, 6) is 0.658. The number of rotatable bonds is 3. The maximum Gasteiger partial charge on any atom is 0.0408 e. The number of hydrogen-bond acceptors (Lipinski definition) is 1. The molecule has 0 aromatic heterocycles. The van der Waals surface area contributed by atoms with Gasteiger partial charge in [-0.3, -0.25) is 0 Å². The molecule has 0 heterocycles. The molecule has 2 rings (SSSR count). The Morgan fingerprint density at radius 2 is 2.36 bits per heavy atom. The third-order valence-electron chi connectivity index (χ3n) is 3.55. The minimum atomic E-state index is 0.333. The number of benzene rings is 1. The van der Waals surface area contributed by atoms with Gasteiger partial charge >= 0.3 is 0 Å². The first-order chi connectivity index (χ1) is 6.73. The molecule has 2 N–H and O–H groups in total. The van der Waals surface area contributed by atoms with E-state index in [1.807, 2.05) is 12.1 Å². The molecule has 0 spiro atoms. The zero-order valence-corrected chi connectivity index (χ0v) is 9.22. The standard InChI is InChI=1S/C12H16ClN/c1-2-12(7-10(12)8-14)9-4-3-5-11(13)6-9/h3-6,10H,2,7-8,14H2,1H3/t10-,12?/m0/s1. The van der Waals surface area contributed by atoms with Crippen molar-refractivity contribution in [1.82, 2.24) is 0 Å². The summed E-state index contributed by atoms with van der Waals surface area (Å²) < 4.78 is 0. The topological polar surface area (TPSA) is 26.0 Å². The summed E-state index contributed by atoms with van der Waals surface area (Å²) in [5.41, 5.74) is 7.42. The van der Waals surface area contributed by atoms with Crippen molar-refractivity contribution in [2.24, 2.45) is 11.7 Å². The van der Waals surface area contributed by atoms with E-state index < -0.39 is 0 Å². The van der Waals surface area contributed by atoms with Gasteiger partial charge in [-0.1, -0.05) is 30.7 Å². The van der Waals surface area contributed by atoms with E-state index in [0.717, 1.165) is 18.0 Å². The molecule has 14 heavy (non-hydrogen) atoms. The fourth-order valence-corrected chi connectivity index (χ4v) is 2.67. The van der Waals surface area contributed by atoms with Gasteiger partial charge in [0.25, 0.3) is 0 Å². The Morgan fingerprint density at radius 1 is 1.57 bits per heavy atom. The summed E-state index contributed by atoms with van der Waals surface area (Å²) in [7, 11) is 0. The summed E-state index contributed by atoms with van der Waals surface area (Å²) in [5, 5.41) is 0.831. The summed E-state index contributed by atoms with van der Waals surface area (Å²) in [6.45, 7) is 3.02. The highest BCUT2D eigenvalue weighted by Gasteiger charge is 2.52. The van der Waals surface area contributed by atoms with E-state index in [1.165, 1.54) is 12.0 Å². The highest BCUT2D eigenvalue weighted by Crippen LogP contribution is 2.56. The molecule has 76 valence electrons. The van der Waals surface area contributed by atoms with Gasteiger partial charge in [0.05, 0.1) is 0 Å². The van der Waals surface area contributed by atoms with Crippen molar-refractivity contribution < 1.29 is 0 Å². The lowest BCUT2D eigenvalue weighted by atomic mass is 9.90. The molecule has 0 saturated heterocycles. The Labute approximate surface area is 90.3 Å². The van der Waals surface area contributed by atoms with Crippen LogP contribution in [0.5, 0.6) is 0 Å². The van der Waals surface area contributed by atoms with Crippen LogP contribution in [0.2, 0.25) is 5.02 Å². The van der Waals surface area contributed by atoms with E-state index in [2.05, 4.69) is 19.1 Å². The minimum absolute atomic E-state index is 0.333. The average Bonchev–Trinajstić information content (AvgIpc) is 2.93. The Balaban J connectivity index is 2.30. The van der Waals surface area contributed by atoms with Crippen LogP contribution in [0, 0.1) is 5.92 Å². The van der Waals surface area contributed by atoms with Gasteiger partial charge in [-0.25, -0.2) is 0 Å². The molecule has 0 amide bonds. The molecule has 1 saturated carbocycles. The highest BCUT2D eigenvalue weighted by atomic mass is 35.5. The van der Waals surface area contributed by atoms with Crippen molar-refractivity contribution >= 4 is 11.6 Å². The molecule has 2 atom stereocenters. The van der Waals surface area contributed by atoms with Gasteiger partial charge < -0.3 is 5.73 Å². The molecule has 1 nitrogen and oxygen atoms in total. The zero-order chi connectivity index (χ0) is 10.2. The van der Waals surface area contributed by atoms with Crippen LogP contribution in [0.4, 0.5) is 0 Å². The molecular formula is C12H16ClN. The highest BCUT2D eigenvalue weighted by molar-refractivity contribution is 6.30. The first-order valence-electron chi connectivity index (χ1n) is 5.19. The molecule has 1 aromatic rings. The van der Waals surface area contributed by atoms with Crippen LogP contribution >= 0.6 is 11.6 Å². The molecule has 1 aliphatic rings. The van der Waals surface area contributed by atoms with Crippen molar-refractivity contribution in [3.05, 3.63) is 34.9 Å². The van der Waals surface area contributed by atoms with Crippen molar-refractivity contribution in [3.8, 4) is 0 Å². The van der Waals surface area contributed by atoms with Crippen LogP contribution in [-0.2, 0) is 5.41 Å². The van der Waals surface area contributed by atoms with Gasteiger partial charge in [0.1, 0.15) is 0 Å². The molecule has 1 unspecified atom stereocenters. The number of halogens is 1. The van der Waals surface area contributed by atoms with Gasteiger partial charge in [-0.15, -0.1) is 0 Å². The van der Waals surface area contributed by atoms with Crippen LogP contribution in [-0.4, -0.2) is 6.54 Å². The predicted molar refractivity (Wildman–Crippen MR) is 60.6 cm³/mol. The van der Waals surface area contributed by atoms with Gasteiger partial charge in [0, 0.05) is 5.02 Å². The van der Waals surface area contributed by atoms with Gasteiger partial charge in [-0.2, -0.15) is 0 Å². The number of hydrogen-bond donors (Lipinski definition) is 1. The molecule has 1 fully saturated rings. The largest absolute Gasteiger partial charge is 0.330 e. The van der Waals surface area contributed by atoms with Crippen LogP contribution in [0.15, 0.2) is 24.3 Å². The summed E-state index contributed by atoms with van der Waals surface area (Å²) >= 11 is 6.00. The van der Waals surface area contributed by atoms with E-state index in [0.29, 0.717) is 11.3 Å². The maximum atomic E-state index is 6.00. The van der Waals surface area contributed by atoms with E-state index >= 15 is 0 Å². The van der Waals surface area contributed by atoms with Crippen LogP contribution in [0.25, 0.3) is 0 Å². The normalized spacial score (nSPS) is 30.4. The Kier molecular flexibility index (Phi) is 2.54. The molecule has 0 radical (unpaired) electrons. The molecule has 1 aromatic carbocycles. The first-order valence-corrected chi connectivity index (χ1v) is 5.57. The second-order valence-corrected chi connectivity index (χ2v) is 4.59. The van der Waals surface area contributed by atoms with Gasteiger partial charge in [0.15, 0.2) is 0 Å². The lowest BCUT2D eigenvalue weighted by Gasteiger charge is -2.15. The lowest BCUT2D eigenvalue weighted by molar-refractivity contribution is 0.587. The van der Waals surface area contributed by atoms with Crippen molar-refractivity contribution in [2.45, 2.75) is 25.2 Å². The van der Waals surface area contributed by atoms with E-state index in [9.17, 15) is 0 Å². The molecule has 0 bridgehead atoms. The Hall–Kier alpha value is -0.530. The maximum absolute atomic E-state index is 6.00. The van der Waals surface area contributed by atoms with Crippen molar-refractivity contribution in [1.29, 1.82) is 0 Å². The first kappa shape index (κ1) is 10.0. The molecule has 1 aliphatic carbocycles. The Morgan fingerprint density at radius 3 is 2.86 bits per heavy atom. The molecule has 2 heteroatoms. The Bertz CT molecular complexity index is 337. The molecular weight excluding hydrogens is 194 g/mol. The predicted octanol–water partition coefficient (Wildman–Crippen LogP) is 2.97. The minimum Gasteiger partial charge on any atom is -0.330 e. The summed E-state index contributed by atoms with van der Waals surface area (Å²) in [6, 6.07) is 8.21. The lowest BCUT2D eigenvalue weighted by Crippen LogP contribution is -2.14. The summed E-state index contributed by atoms with van der Waals surface area (Å²) in [4.78, 5) is 0. The van der Waals surface area contributed by atoms with Crippen molar-refractivity contribution in [3.63, 3.8) is 0 Å². The van der Waals surface area contributed by atoms with Gasteiger partial charge in [0.2, 0.25) is 0 Å². The van der Waals surface area contributed by atoms with E-state index in [-0.39, 0.29) is 0 Å². The third-order valence-corrected chi connectivity index (χ3v) is 3.78. The average molecular weight is 210 g/mol. The zero-order valence-electron chi connectivity index (χ0n) is 8.46. The quantitative estimate of drug-likeness (QED) is 0.814. The van der Waals surface area contributed by atoms with E-state index in [1.54, 1.807) is 0 Å².